The second-order valence-electron chi connectivity index (χ2n) is 5.40. The van der Waals surface area contributed by atoms with Crippen molar-refractivity contribution >= 4 is 21.4 Å². The van der Waals surface area contributed by atoms with Crippen molar-refractivity contribution in [2.24, 2.45) is 0 Å². The molecule has 0 atom stereocenters. The summed E-state index contributed by atoms with van der Waals surface area (Å²) >= 11 is 1.22. The van der Waals surface area contributed by atoms with Gasteiger partial charge in [0.05, 0.1) is 18.1 Å². The molecule has 0 spiro atoms. The molecule has 2 aromatic rings. The van der Waals surface area contributed by atoms with E-state index in [1.165, 1.54) is 15.6 Å². The molecule has 0 aliphatic carbocycles. The third kappa shape index (κ3) is 2.96. The fraction of sp³-hybridized carbons (Fsp3) is 0.500. The smallest absolute Gasteiger partial charge is 0.252 e. The van der Waals surface area contributed by atoms with Crippen molar-refractivity contribution in [2.75, 3.05) is 26.3 Å². The molecule has 0 unspecified atom stereocenters. The fourth-order valence-corrected chi connectivity index (χ4v) is 5.01. The maximum atomic E-state index is 12.6. The lowest BCUT2D eigenvalue weighted by Gasteiger charge is -2.25. The Bertz CT molecular complexity index is 742. The molecule has 1 fully saturated rings. The van der Waals surface area contributed by atoms with Gasteiger partial charge in [0.2, 0.25) is 0 Å². The van der Waals surface area contributed by atoms with Gasteiger partial charge in [-0.25, -0.2) is 8.42 Å². The highest BCUT2D eigenvalue weighted by Gasteiger charge is 2.28. The molecule has 22 heavy (non-hydrogen) atoms. The summed E-state index contributed by atoms with van der Waals surface area (Å²) in [5.41, 5.74) is 0.678. The topological polar surface area (TPSA) is 72.6 Å². The van der Waals surface area contributed by atoms with Gasteiger partial charge in [-0.15, -0.1) is 11.3 Å². The van der Waals surface area contributed by atoms with Crippen LogP contribution in [0.3, 0.4) is 0 Å². The van der Waals surface area contributed by atoms with E-state index in [4.69, 9.17) is 9.26 Å². The minimum Gasteiger partial charge on any atom is -0.379 e. The SMILES string of the molecule is CC(C)c1cc(-c2ccc(S(=O)(=O)N3CCOCC3)s2)no1. The standard InChI is InChI=1S/C14H18N2O4S2/c1-10(2)12-9-11(15-20-12)13-3-4-14(21-13)22(17,18)16-5-7-19-8-6-16/h3-4,9-10H,5-8H2,1-2H3. The van der Waals surface area contributed by atoms with Crippen molar-refractivity contribution in [1.82, 2.24) is 9.46 Å². The molecule has 2 aromatic heterocycles. The van der Waals surface area contributed by atoms with Crippen LogP contribution in [-0.2, 0) is 14.8 Å². The van der Waals surface area contributed by atoms with Crippen LogP contribution in [0.2, 0.25) is 0 Å². The predicted molar refractivity (Wildman–Crippen MR) is 83.5 cm³/mol. The third-order valence-corrected chi connectivity index (χ3v) is 6.97. The molecule has 0 amide bonds. The Morgan fingerprint density at radius 3 is 2.64 bits per heavy atom. The van der Waals surface area contributed by atoms with Gasteiger partial charge in [0.1, 0.15) is 15.7 Å². The number of hydrogen-bond donors (Lipinski definition) is 0. The van der Waals surface area contributed by atoms with Crippen LogP contribution in [0.15, 0.2) is 26.9 Å². The van der Waals surface area contributed by atoms with Crippen molar-refractivity contribution in [3.63, 3.8) is 0 Å². The van der Waals surface area contributed by atoms with Crippen molar-refractivity contribution < 1.29 is 17.7 Å². The number of morpholine rings is 1. The van der Waals surface area contributed by atoms with Crippen molar-refractivity contribution in [3.8, 4) is 10.6 Å². The third-order valence-electron chi connectivity index (χ3n) is 3.50. The van der Waals surface area contributed by atoms with Crippen LogP contribution in [0.5, 0.6) is 0 Å². The van der Waals surface area contributed by atoms with E-state index in [2.05, 4.69) is 5.16 Å². The van der Waals surface area contributed by atoms with Crippen molar-refractivity contribution in [1.29, 1.82) is 0 Å². The van der Waals surface area contributed by atoms with Gasteiger partial charge in [-0.05, 0) is 12.1 Å². The van der Waals surface area contributed by atoms with E-state index in [1.54, 1.807) is 12.1 Å². The normalized spacial score (nSPS) is 17.2. The van der Waals surface area contributed by atoms with Crippen molar-refractivity contribution in [3.05, 3.63) is 24.0 Å². The van der Waals surface area contributed by atoms with Crippen LogP contribution in [0, 0.1) is 0 Å². The summed E-state index contributed by atoms with van der Waals surface area (Å²) in [5, 5.41) is 4.02. The molecule has 120 valence electrons. The highest BCUT2D eigenvalue weighted by Crippen LogP contribution is 2.33. The minimum atomic E-state index is -3.45. The Morgan fingerprint density at radius 1 is 1.27 bits per heavy atom. The minimum absolute atomic E-state index is 0.248. The van der Waals surface area contributed by atoms with Gasteiger partial charge in [0, 0.05) is 25.1 Å². The molecular formula is C14H18N2O4S2. The lowest BCUT2D eigenvalue weighted by atomic mass is 10.1. The van der Waals surface area contributed by atoms with Crippen LogP contribution in [0.4, 0.5) is 0 Å². The fourth-order valence-electron chi connectivity index (χ4n) is 2.19. The summed E-state index contributed by atoms with van der Waals surface area (Å²) in [7, 11) is -3.45. The van der Waals surface area contributed by atoms with Gasteiger partial charge in [0.25, 0.3) is 10.0 Å². The molecule has 0 radical (unpaired) electrons. The van der Waals surface area contributed by atoms with E-state index in [9.17, 15) is 8.42 Å². The van der Waals surface area contributed by atoms with Gasteiger partial charge in [-0.2, -0.15) is 4.31 Å². The summed E-state index contributed by atoms with van der Waals surface area (Å²) in [5.74, 6) is 1.04. The zero-order valence-electron chi connectivity index (χ0n) is 12.5. The summed E-state index contributed by atoms with van der Waals surface area (Å²) in [4.78, 5) is 0.794. The maximum absolute atomic E-state index is 12.6. The zero-order chi connectivity index (χ0) is 15.7. The number of ether oxygens (including phenoxy) is 1. The van der Waals surface area contributed by atoms with E-state index in [0.717, 1.165) is 10.6 Å². The highest BCUT2D eigenvalue weighted by atomic mass is 32.2. The lowest BCUT2D eigenvalue weighted by Crippen LogP contribution is -2.40. The summed E-state index contributed by atoms with van der Waals surface area (Å²) in [6.07, 6.45) is 0. The summed E-state index contributed by atoms with van der Waals surface area (Å²) in [6.45, 7) is 5.73. The Labute approximate surface area is 133 Å². The quantitative estimate of drug-likeness (QED) is 0.854. The van der Waals surface area contributed by atoms with E-state index < -0.39 is 10.0 Å². The van der Waals surface area contributed by atoms with E-state index in [1.807, 2.05) is 19.9 Å². The largest absolute Gasteiger partial charge is 0.379 e. The van der Waals surface area contributed by atoms with Crippen molar-refractivity contribution in [2.45, 2.75) is 24.0 Å². The Kier molecular flexibility index (Phi) is 4.35. The van der Waals surface area contributed by atoms with Crippen LogP contribution in [-0.4, -0.2) is 44.2 Å². The van der Waals surface area contributed by atoms with E-state index >= 15 is 0 Å². The van der Waals surface area contributed by atoms with E-state index in [0.29, 0.717) is 36.2 Å². The van der Waals surface area contributed by atoms with Gasteiger partial charge in [-0.1, -0.05) is 19.0 Å². The highest BCUT2D eigenvalue weighted by molar-refractivity contribution is 7.91. The van der Waals surface area contributed by atoms with Gasteiger partial charge in [0.15, 0.2) is 0 Å². The predicted octanol–water partition coefficient (Wildman–Crippen LogP) is 2.55. The van der Waals surface area contributed by atoms with Crippen LogP contribution in [0.1, 0.15) is 25.5 Å². The molecule has 1 saturated heterocycles. The van der Waals surface area contributed by atoms with Gasteiger partial charge < -0.3 is 9.26 Å². The maximum Gasteiger partial charge on any atom is 0.252 e. The van der Waals surface area contributed by atoms with Crippen LogP contribution in [0.25, 0.3) is 10.6 Å². The molecular weight excluding hydrogens is 324 g/mol. The zero-order valence-corrected chi connectivity index (χ0v) is 14.1. The Balaban J connectivity index is 1.86. The molecule has 1 aliphatic heterocycles. The first kappa shape index (κ1) is 15.7. The molecule has 6 nitrogen and oxygen atoms in total. The monoisotopic (exact) mass is 342 g/mol. The number of aromatic nitrogens is 1. The average Bonchev–Trinajstić information content (AvgIpc) is 3.17. The molecule has 0 bridgehead atoms. The second-order valence-corrected chi connectivity index (χ2v) is 8.65. The molecule has 0 saturated carbocycles. The number of thiophene rings is 1. The molecule has 8 heteroatoms. The molecule has 1 aliphatic rings. The van der Waals surface area contributed by atoms with Gasteiger partial charge >= 0.3 is 0 Å². The number of hydrogen-bond acceptors (Lipinski definition) is 6. The van der Waals surface area contributed by atoms with Crippen LogP contribution >= 0.6 is 11.3 Å². The van der Waals surface area contributed by atoms with Crippen LogP contribution < -0.4 is 0 Å². The first-order valence-electron chi connectivity index (χ1n) is 7.13. The Morgan fingerprint density at radius 2 is 2.00 bits per heavy atom. The summed E-state index contributed by atoms with van der Waals surface area (Å²) in [6, 6.07) is 5.27. The first-order valence-corrected chi connectivity index (χ1v) is 9.39. The number of rotatable bonds is 4. The average molecular weight is 342 g/mol. The first-order chi connectivity index (χ1) is 10.5. The van der Waals surface area contributed by atoms with Gasteiger partial charge in [-0.3, -0.25) is 0 Å². The molecule has 0 N–H and O–H groups in total. The molecule has 3 heterocycles. The number of nitrogens with zero attached hydrogens (tertiary/aromatic N) is 2. The van der Waals surface area contributed by atoms with E-state index in [-0.39, 0.29) is 5.92 Å². The number of sulfonamides is 1. The molecule has 3 rings (SSSR count). The molecule has 0 aromatic carbocycles. The Hall–Kier alpha value is -1.22. The second kappa shape index (κ2) is 6.11. The lowest BCUT2D eigenvalue weighted by molar-refractivity contribution is 0.0731. The summed E-state index contributed by atoms with van der Waals surface area (Å²) < 4.78 is 37.4.